The highest BCUT2D eigenvalue weighted by Crippen LogP contribution is 2.28. The van der Waals surface area contributed by atoms with Crippen molar-refractivity contribution >= 4 is 38.8 Å². The molecule has 1 aromatic heterocycles. The Hall–Kier alpha value is -3.45. The maximum atomic E-state index is 12.4. The van der Waals surface area contributed by atoms with Gasteiger partial charge in [0.15, 0.2) is 9.84 Å². The number of rotatable bonds is 6. The van der Waals surface area contributed by atoms with Gasteiger partial charge < -0.3 is 20.8 Å². The molecule has 1 saturated carbocycles. The minimum atomic E-state index is -3.44. The molecule has 0 amide bonds. The van der Waals surface area contributed by atoms with E-state index in [2.05, 4.69) is 15.6 Å². The number of hydrogen-bond acceptors (Lipinski definition) is 9. The zero-order chi connectivity index (χ0) is 22.6. The normalized spacial score (nSPS) is 16.3. The van der Waals surface area contributed by atoms with Crippen molar-refractivity contribution in [2.75, 3.05) is 24.0 Å². The summed E-state index contributed by atoms with van der Waals surface area (Å²) in [5.74, 6) is -0.355. The van der Waals surface area contributed by atoms with Crippen molar-refractivity contribution in [3.63, 3.8) is 0 Å². The zero-order valence-corrected chi connectivity index (χ0v) is 18.0. The number of pyridine rings is 1. The summed E-state index contributed by atoms with van der Waals surface area (Å²) in [5.41, 5.74) is 0.943. The SMILES string of the molecule is COC(=O)c1c(C#N)cc(N[C@@H]2CCCCC2=N)nc1Nc1cccc(S(C)(=O)=O)c1. The van der Waals surface area contributed by atoms with Crippen molar-refractivity contribution in [3.05, 3.63) is 41.5 Å². The first-order valence-corrected chi connectivity index (χ1v) is 11.6. The number of sulfone groups is 1. The second-order valence-corrected chi connectivity index (χ2v) is 9.29. The predicted molar refractivity (Wildman–Crippen MR) is 117 cm³/mol. The Labute approximate surface area is 180 Å². The van der Waals surface area contributed by atoms with Crippen molar-refractivity contribution in [1.82, 2.24) is 4.98 Å². The number of ether oxygens (including phenoxy) is 1. The molecule has 1 aromatic carbocycles. The summed E-state index contributed by atoms with van der Waals surface area (Å²) >= 11 is 0. The summed E-state index contributed by atoms with van der Waals surface area (Å²) in [5, 5.41) is 23.9. The highest BCUT2D eigenvalue weighted by molar-refractivity contribution is 7.90. The van der Waals surface area contributed by atoms with E-state index in [1.54, 1.807) is 12.1 Å². The Morgan fingerprint density at radius 1 is 1.32 bits per heavy atom. The second kappa shape index (κ2) is 9.14. The van der Waals surface area contributed by atoms with E-state index in [0.717, 1.165) is 25.5 Å². The molecule has 162 valence electrons. The lowest BCUT2D eigenvalue weighted by atomic mass is 9.93. The maximum Gasteiger partial charge on any atom is 0.343 e. The van der Waals surface area contributed by atoms with Gasteiger partial charge in [0.25, 0.3) is 0 Å². The van der Waals surface area contributed by atoms with E-state index in [-0.39, 0.29) is 27.9 Å². The summed E-state index contributed by atoms with van der Waals surface area (Å²) in [6.45, 7) is 0. The van der Waals surface area contributed by atoms with Gasteiger partial charge in [0, 0.05) is 17.7 Å². The summed E-state index contributed by atoms with van der Waals surface area (Å²) < 4.78 is 28.6. The zero-order valence-electron chi connectivity index (χ0n) is 17.2. The number of carbonyl (C=O) groups excluding carboxylic acids is 1. The van der Waals surface area contributed by atoms with Crippen LogP contribution in [0.3, 0.4) is 0 Å². The van der Waals surface area contributed by atoms with Crippen molar-refractivity contribution in [2.24, 2.45) is 0 Å². The molecule has 1 aliphatic carbocycles. The lowest BCUT2D eigenvalue weighted by Gasteiger charge is -2.25. The molecule has 1 fully saturated rings. The van der Waals surface area contributed by atoms with Gasteiger partial charge in [-0.25, -0.2) is 18.2 Å². The number of benzene rings is 1. The van der Waals surface area contributed by atoms with Gasteiger partial charge in [-0.2, -0.15) is 5.26 Å². The maximum absolute atomic E-state index is 12.4. The third kappa shape index (κ3) is 5.19. The second-order valence-electron chi connectivity index (χ2n) is 7.27. The first kappa shape index (κ1) is 22.2. The van der Waals surface area contributed by atoms with Crippen molar-refractivity contribution < 1.29 is 17.9 Å². The molecular formula is C21H23N5O4S. The van der Waals surface area contributed by atoms with Gasteiger partial charge in [0.2, 0.25) is 0 Å². The van der Waals surface area contributed by atoms with E-state index in [9.17, 15) is 18.5 Å². The molecule has 0 radical (unpaired) electrons. The number of esters is 1. The van der Waals surface area contributed by atoms with Crippen LogP contribution < -0.4 is 10.6 Å². The van der Waals surface area contributed by atoms with Gasteiger partial charge in [-0.1, -0.05) is 12.5 Å². The molecule has 0 bridgehead atoms. The predicted octanol–water partition coefficient (Wildman–Crippen LogP) is 3.26. The van der Waals surface area contributed by atoms with Crippen LogP contribution in [0.5, 0.6) is 0 Å². The van der Waals surface area contributed by atoms with E-state index in [4.69, 9.17) is 10.1 Å². The Kier molecular flexibility index (Phi) is 6.56. The lowest BCUT2D eigenvalue weighted by Crippen LogP contribution is -2.32. The first-order chi connectivity index (χ1) is 14.7. The number of methoxy groups -OCH3 is 1. The number of hydrogen-bond donors (Lipinski definition) is 3. The van der Waals surface area contributed by atoms with Crippen LogP contribution in [0.2, 0.25) is 0 Å². The van der Waals surface area contributed by atoms with Crippen LogP contribution in [0.4, 0.5) is 17.3 Å². The smallest absolute Gasteiger partial charge is 0.343 e. The van der Waals surface area contributed by atoms with E-state index in [1.807, 2.05) is 6.07 Å². The van der Waals surface area contributed by atoms with Crippen LogP contribution in [-0.4, -0.2) is 44.5 Å². The first-order valence-electron chi connectivity index (χ1n) is 9.67. The topological polar surface area (TPSA) is 145 Å². The molecule has 10 heteroatoms. The lowest BCUT2D eigenvalue weighted by molar-refractivity contribution is 0.0601. The minimum absolute atomic E-state index is 0.0495. The minimum Gasteiger partial charge on any atom is -0.465 e. The Balaban J connectivity index is 2.05. The summed E-state index contributed by atoms with van der Waals surface area (Å²) in [4.78, 5) is 16.9. The molecule has 0 spiro atoms. The van der Waals surface area contributed by atoms with Crippen LogP contribution in [-0.2, 0) is 14.6 Å². The highest BCUT2D eigenvalue weighted by Gasteiger charge is 2.24. The summed E-state index contributed by atoms with van der Waals surface area (Å²) in [6, 6.07) is 9.31. The molecule has 1 aliphatic rings. The van der Waals surface area contributed by atoms with Crippen LogP contribution in [0.15, 0.2) is 35.2 Å². The summed E-state index contributed by atoms with van der Waals surface area (Å²) in [6.07, 6.45) is 4.53. The van der Waals surface area contributed by atoms with Gasteiger partial charge in [0.1, 0.15) is 23.3 Å². The highest BCUT2D eigenvalue weighted by atomic mass is 32.2. The van der Waals surface area contributed by atoms with E-state index < -0.39 is 15.8 Å². The van der Waals surface area contributed by atoms with E-state index in [1.165, 1.54) is 25.3 Å². The molecule has 0 saturated heterocycles. The molecular weight excluding hydrogens is 418 g/mol. The standard InChI is InChI=1S/C21H23N5O4S/c1-30-21(27)19-13(12-22)10-18(25-17-9-4-3-8-16(17)23)26-20(19)24-14-6-5-7-15(11-14)31(2,28)29/h5-7,10-11,17,23H,3-4,8-9H2,1-2H3,(H2,24,25,26)/t17-/m1/s1. The fraction of sp³-hybridized carbons (Fsp3) is 0.333. The monoisotopic (exact) mass is 441 g/mol. The van der Waals surface area contributed by atoms with Crippen LogP contribution in [0.1, 0.15) is 41.6 Å². The molecule has 9 nitrogen and oxygen atoms in total. The largest absolute Gasteiger partial charge is 0.465 e. The average molecular weight is 442 g/mol. The van der Waals surface area contributed by atoms with Crippen molar-refractivity contribution in [2.45, 2.75) is 36.6 Å². The van der Waals surface area contributed by atoms with E-state index in [0.29, 0.717) is 23.6 Å². The summed E-state index contributed by atoms with van der Waals surface area (Å²) in [7, 11) is -2.23. The number of nitrogens with zero attached hydrogens (tertiary/aromatic N) is 2. The molecule has 3 rings (SSSR count). The quantitative estimate of drug-likeness (QED) is 0.579. The molecule has 31 heavy (non-hydrogen) atoms. The molecule has 1 heterocycles. The molecule has 2 aromatic rings. The molecule has 3 N–H and O–H groups in total. The van der Waals surface area contributed by atoms with Gasteiger partial charge in [-0.15, -0.1) is 0 Å². The van der Waals surface area contributed by atoms with E-state index >= 15 is 0 Å². The number of aromatic nitrogens is 1. The van der Waals surface area contributed by atoms with Crippen LogP contribution in [0.25, 0.3) is 0 Å². The number of carbonyl (C=O) groups is 1. The van der Waals surface area contributed by atoms with Gasteiger partial charge >= 0.3 is 5.97 Å². The third-order valence-corrected chi connectivity index (χ3v) is 6.10. The Morgan fingerprint density at radius 3 is 2.74 bits per heavy atom. The number of anilines is 3. The van der Waals surface area contributed by atoms with Crippen molar-refractivity contribution in [3.8, 4) is 6.07 Å². The van der Waals surface area contributed by atoms with Crippen LogP contribution >= 0.6 is 0 Å². The van der Waals surface area contributed by atoms with Crippen LogP contribution in [0, 0.1) is 16.7 Å². The molecule has 0 aliphatic heterocycles. The Bertz CT molecular complexity index is 1170. The molecule has 1 atom stereocenters. The van der Waals surface area contributed by atoms with Gasteiger partial charge in [0.05, 0.1) is 23.6 Å². The van der Waals surface area contributed by atoms with Crippen molar-refractivity contribution in [1.29, 1.82) is 10.7 Å². The molecule has 0 unspecified atom stereocenters. The fourth-order valence-electron chi connectivity index (χ4n) is 3.40. The Morgan fingerprint density at radius 2 is 2.10 bits per heavy atom. The number of nitrogens with one attached hydrogen (secondary N) is 3. The number of nitriles is 1. The third-order valence-electron chi connectivity index (χ3n) is 4.99. The average Bonchev–Trinajstić information content (AvgIpc) is 2.74. The van der Waals surface area contributed by atoms with Gasteiger partial charge in [-0.3, -0.25) is 0 Å². The van der Waals surface area contributed by atoms with Gasteiger partial charge in [-0.05, 0) is 43.5 Å². The fourth-order valence-corrected chi connectivity index (χ4v) is 4.06.